The smallest absolute Gasteiger partial charge is 0.258 e. The van der Waals surface area contributed by atoms with Gasteiger partial charge in [0.2, 0.25) is 0 Å². The maximum atomic E-state index is 11.9. The zero-order valence-corrected chi connectivity index (χ0v) is 14.2. The summed E-state index contributed by atoms with van der Waals surface area (Å²) >= 11 is 10.6. The van der Waals surface area contributed by atoms with Crippen molar-refractivity contribution in [3.63, 3.8) is 0 Å². The molecule has 0 aliphatic carbocycles. The third-order valence-corrected chi connectivity index (χ3v) is 6.23. The summed E-state index contributed by atoms with van der Waals surface area (Å²) in [5, 5.41) is 2.55. The summed E-state index contributed by atoms with van der Waals surface area (Å²) in [6.07, 6.45) is 1.74. The number of thiazole rings is 2. The fraction of sp³-hybridized carbons (Fsp3) is 0.0714. The Morgan fingerprint density at radius 2 is 2.18 bits per heavy atom. The molecule has 0 unspecified atom stereocenters. The van der Waals surface area contributed by atoms with E-state index in [1.807, 2.05) is 23.6 Å². The van der Waals surface area contributed by atoms with E-state index < -0.39 is 0 Å². The van der Waals surface area contributed by atoms with Crippen molar-refractivity contribution in [2.45, 2.75) is 10.1 Å². The third kappa shape index (κ3) is 2.65. The highest BCUT2D eigenvalue weighted by Crippen LogP contribution is 2.32. The second kappa shape index (κ2) is 5.66. The van der Waals surface area contributed by atoms with E-state index in [2.05, 4.69) is 9.97 Å². The van der Waals surface area contributed by atoms with E-state index >= 15 is 0 Å². The molecule has 0 atom stereocenters. The Morgan fingerprint density at radius 3 is 3.09 bits per heavy atom. The Labute approximate surface area is 142 Å². The van der Waals surface area contributed by atoms with E-state index in [4.69, 9.17) is 11.6 Å². The van der Waals surface area contributed by atoms with Crippen LogP contribution in [0.25, 0.3) is 15.2 Å². The number of thioether (sulfide) groups is 1. The third-order valence-electron chi connectivity index (χ3n) is 3.03. The molecule has 3 aromatic heterocycles. The Kier molecular flexibility index (Phi) is 3.65. The zero-order chi connectivity index (χ0) is 15.1. The molecular formula is C14H8ClN3OS3. The minimum Gasteiger partial charge on any atom is -0.269 e. The molecule has 0 saturated carbocycles. The molecule has 0 amide bonds. The van der Waals surface area contributed by atoms with E-state index in [0.29, 0.717) is 10.8 Å². The zero-order valence-electron chi connectivity index (χ0n) is 11.0. The molecule has 110 valence electrons. The molecule has 22 heavy (non-hydrogen) atoms. The van der Waals surface area contributed by atoms with Crippen molar-refractivity contribution in [2.75, 3.05) is 0 Å². The van der Waals surface area contributed by atoms with Crippen LogP contribution in [0, 0.1) is 0 Å². The van der Waals surface area contributed by atoms with Gasteiger partial charge >= 0.3 is 0 Å². The van der Waals surface area contributed by atoms with Crippen LogP contribution < -0.4 is 5.56 Å². The van der Waals surface area contributed by atoms with Crippen LogP contribution in [-0.4, -0.2) is 14.4 Å². The molecule has 4 nitrogen and oxygen atoms in total. The largest absolute Gasteiger partial charge is 0.269 e. The molecule has 0 saturated heterocycles. The average molecular weight is 366 g/mol. The molecule has 4 rings (SSSR count). The number of fused-ring (bicyclic) bond motifs is 2. The van der Waals surface area contributed by atoms with E-state index in [1.54, 1.807) is 39.8 Å². The molecule has 0 radical (unpaired) electrons. The molecule has 1 aromatic carbocycles. The van der Waals surface area contributed by atoms with Crippen LogP contribution in [0.15, 0.2) is 45.0 Å². The van der Waals surface area contributed by atoms with Crippen LogP contribution in [0.3, 0.4) is 0 Å². The summed E-state index contributed by atoms with van der Waals surface area (Å²) in [7, 11) is 0. The van der Waals surface area contributed by atoms with Gasteiger partial charge in [0.25, 0.3) is 5.56 Å². The summed E-state index contributed by atoms with van der Waals surface area (Å²) in [6.45, 7) is 0. The highest BCUT2D eigenvalue weighted by molar-refractivity contribution is 8.00. The van der Waals surface area contributed by atoms with E-state index in [9.17, 15) is 4.79 Å². The molecule has 4 aromatic rings. The first-order valence-electron chi connectivity index (χ1n) is 6.34. The van der Waals surface area contributed by atoms with Crippen LogP contribution in [0.2, 0.25) is 5.02 Å². The number of hydrogen-bond donors (Lipinski definition) is 0. The molecular weight excluding hydrogens is 358 g/mol. The summed E-state index contributed by atoms with van der Waals surface area (Å²) < 4.78 is 3.61. The second-order valence-electron chi connectivity index (χ2n) is 4.52. The van der Waals surface area contributed by atoms with Crippen LogP contribution in [0.4, 0.5) is 0 Å². The first-order chi connectivity index (χ1) is 10.7. The highest BCUT2D eigenvalue weighted by Gasteiger charge is 2.08. The fourth-order valence-corrected chi connectivity index (χ4v) is 4.88. The van der Waals surface area contributed by atoms with Gasteiger partial charge in [0.05, 0.1) is 15.9 Å². The minimum atomic E-state index is -0.0436. The number of benzene rings is 1. The van der Waals surface area contributed by atoms with E-state index in [0.717, 1.165) is 25.2 Å². The molecule has 0 fully saturated rings. The van der Waals surface area contributed by atoms with Crippen LogP contribution in [0.1, 0.15) is 5.69 Å². The van der Waals surface area contributed by atoms with Gasteiger partial charge in [-0.25, -0.2) is 9.97 Å². The minimum absolute atomic E-state index is 0.0436. The van der Waals surface area contributed by atoms with Crippen molar-refractivity contribution < 1.29 is 0 Å². The number of nitrogens with zero attached hydrogens (tertiary/aromatic N) is 3. The van der Waals surface area contributed by atoms with Crippen LogP contribution in [-0.2, 0) is 5.75 Å². The van der Waals surface area contributed by atoms with Crippen molar-refractivity contribution in [3.8, 4) is 0 Å². The quantitative estimate of drug-likeness (QED) is 0.507. The molecule has 8 heteroatoms. The first kappa shape index (κ1) is 14.2. The van der Waals surface area contributed by atoms with Crippen molar-refractivity contribution in [1.29, 1.82) is 0 Å². The average Bonchev–Trinajstić information content (AvgIpc) is 3.10. The summed E-state index contributed by atoms with van der Waals surface area (Å²) in [4.78, 5) is 21.7. The lowest BCUT2D eigenvalue weighted by Gasteiger charge is -1.98. The van der Waals surface area contributed by atoms with Gasteiger partial charge in [-0.3, -0.25) is 9.20 Å². The lowest BCUT2D eigenvalue weighted by Crippen LogP contribution is -2.12. The number of rotatable bonds is 3. The standard InChI is InChI=1S/C14H8ClN3OS3/c15-8-1-2-11-10(5-8)17-14(22-11)21-7-9-6-12(19)18-3-4-20-13(18)16-9/h1-6H,7H2. The van der Waals surface area contributed by atoms with Gasteiger partial charge in [-0.15, -0.1) is 22.7 Å². The maximum Gasteiger partial charge on any atom is 0.258 e. The molecule has 0 spiro atoms. The fourth-order valence-electron chi connectivity index (χ4n) is 2.04. The Hall–Kier alpha value is -1.41. The predicted octanol–water partition coefficient (Wildman–Crippen LogP) is 4.31. The Balaban J connectivity index is 1.60. The summed E-state index contributed by atoms with van der Waals surface area (Å²) in [6, 6.07) is 7.28. The monoisotopic (exact) mass is 365 g/mol. The van der Waals surface area contributed by atoms with Crippen molar-refractivity contribution in [3.05, 3.63) is 56.9 Å². The lowest BCUT2D eigenvalue weighted by molar-refractivity contribution is 1.04. The second-order valence-corrected chi connectivity index (χ2v) is 8.08. The summed E-state index contributed by atoms with van der Waals surface area (Å²) in [5.74, 6) is 0.622. The van der Waals surface area contributed by atoms with Crippen molar-refractivity contribution in [2.24, 2.45) is 0 Å². The predicted molar refractivity (Wildman–Crippen MR) is 93.5 cm³/mol. The number of halogens is 1. The lowest BCUT2D eigenvalue weighted by atomic mass is 10.3. The number of aromatic nitrogens is 3. The Morgan fingerprint density at radius 1 is 1.27 bits per heavy atom. The van der Waals surface area contributed by atoms with Gasteiger partial charge in [-0.1, -0.05) is 23.4 Å². The molecule has 0 aliphatic rings. The SMILES string of the molecule is O=c1cc(CSc2nc3cc(Cl)ccc3s2)nc2sccn12. The number of hydrogen-bond acceptors (Lipinski definition) is 6. The maximum absolute atomic E-state index is 11.9. The van der Waals surface area contributed by atoms with Gasteiger partial charge in [-0.2, -0.15) is 0 Å². The first-order valence-corrected chi connectivity index (χ1v) is 9.40. The normalized spacial score (nSPS) is 11.5. The Bertz CT molecular complexity index is 1040. The van der Waals surface area contributed by atoms with Gasteiger partial charge in [-0.05, 0) is 18.2 Å². The van der Waals surface area contributed by atoms with E-state index in [-0.39, 0.29) is 5.56 Å². The van der Waals surface area contributed by atoms with Crippen LogP contribution >= 0.6 is 46.0 Å². The van der Waals surface area contributed by atoms with Crippen molar-refractivity contribution in [1.82, 2.24) is 14.4 Å². The van der Waals surface area contributed by atoms with Crippen molar-refractivity contribution >= 4 is 61.2 Å². The van der Waals surface area contributed by atoms with E-state index in [1.165, 1.54) is 11.3 Å². The molecule has 0 aliphatic heterocycles. The van der Waals surface area contributed by atoms with Gasteiger partial charge in [0.15, 0.2) is 9.30 Å². The molecule has 0 N–H and O–H groups in total. The highest BCUT2D eigenvalue weighted by atomic mass is 35.5. The van der Waals surface area contributed by atoms with Crippen LogP contribution in [0.5, 0.6) is 0 Å². The summed E-state index contributed by atoms with van der Waals surface area (Å²) in [5.41, 5.74) is 1.63. The topological polar surface area (TPSA) is 47.3 Å². The molecule has 0 bridgehead atoms. The van der Waals surface area contributed by atoms with Gasteiger partial charge in [0, 0.05) is 28.4 Å². The van der Waals surface area contributed by atoms with Gasteiger partial charge < -0.3 is 0 Å². The van der Waals surface area contributed by atoms with Gasteiger partial charge in [0.1, 0.15) is 0 Å². The molecule has 3 heterocycles.